The second kappa shape index (κ2) is 3.16. The van der Waals surface area contributed by atoms with Crippen LogP contribution < -0.4 is 0 Å². The van der Waals surface area contributed by atoms with Gasteiger partial charge in [-0.1, -0.05) is 0 Å². The van der Waals surface area contributed by atoms with Crippen molar-refractivity contribution < 1.29 is 13.6 Å². The molecule has 4 heteroatoms. The van der Waals surface area contributed by atoms with Crippen molar-refractivity contribution in [3.63, 3.8) is 0 Å². The zero-order valence-electron chi connectivity index (χ0n) is 7.76. The molecule has 1 aromatic rings. The third-order valence-electron chi connectivity index (χ3n) is 0.867. The molecule has 10 heavy (non-hydrogen) atoms. The molecule has 0 atom stereocenters. The van der Waals surface area contributed by atoms with Crippen molar-refractivity contribution in [1.82, 2.24) is 0 Å². The minimum Gasteiger partial charge on any atom is -0.465 e. The van der Waals surface area contributed by atoms with Crippen LogP contribution in [0.4, 0.5) is 0 Å². The lowest BCUT2D eigenvalue weighted by Crippen LogP contribution is -1.96. The van der Waals surface area contributed by atoms with E-state index in [1.165, 1.54) is 6.07 Å². The average molecular weight is 224 g/mol. The predicted octanol–water partition coefficient (Wildman–Crippen LogP) is 2.30. The third kappa shape index (κ3) is 1.58. The summed E-state index contributed by atoms with van der Waals surface area (Å²) in [7, 11) is -2.67. The van der Waals surface area contributed by atoms with Crippen LogP contribution in [0.3, 0.4) is 0 Å². The minimum atomic E-state index is -2.67. The van der Waals surface area contributed by atoms with Gasteiger partial charge in [0, 0.05) is 0 Å². The Balaban J connectivity index is 2.70. The number of thiophene rings is 1. The Morgan fingerprint density at radius 2 is 2.70 bits per heavy atom. The molecule has 0 saturated heterocycles. The van der Waals surface area contributed by atoms with E-state index < -0.39 is 13.0 Å². The van der Waals surface area contributed by atoms with E-state index in [1.807, 2.05) is 0 Å². The fourth-order valence-electron chi connectivity index (χ4n) is 0.474. The summed E-state index contributed by atoms with van der Waals surface area (Å²) in [6, 6.07) is 3.16. The Labute approximate surface area is 75.2 Å². The van der Waals surface area contributed by atoms with E-state index in [1.54, 1.807) is 6.07 Å². The SMILES string of the molecule is [2H]C([2H])([2H])OC(=O)c1ccc(Br)s1. The highest BCUT2D eigenvalue weighted by molar-refractivity contribution is 9.11. The summed E-state index contributed by atoms with van der Waals surface area (Å²) in [4.78, 5) is 11.3. The molecule has 0 spiro atoms. The Hall–Kier alpha value is -0.350. The molecule has 1 heterocycles. The number of carbonyl (C=O) groups excluding carboxylic acids is 1. The summed E-state index contributed by atoms with van der Waals surface area (Å²) in [5.41, 5.74) is 0. The van der Waals surface area contributed by atoms with Gasteiger partial charge in [-0.05, 0) is 28.1 Å². The van der Waals surface area contributed by atoms with E-state index in [4.69, 9.17) is 4.11 Å². The smallest absolute Gasteiger partial charge is 0.348 e. The van der Waals surface area contributed by atoms with Gasteiger partial charge in [-0.25, -0.2) is 4.79 Å². The van der Waals surface area contributed by atoms with Gasteiger partial charge < -0.3 is 4.74 Å². The van der Waals surface area contributed by atoms with Crippen LogP contribution in [-0.2, 0) is 4.74 Å². The van der Waals surface area contributed by atoms with Gasteiger partial charge in [0.1, 0.15) is 4.88 Å². The van der Waals surface area contributed by atoms with Gasteiger partial charge >= 0.3 is 5.97 Å². The van der Waals surface area contributed by atoms with E-state index in [-0.39, 0.29) is 4.88 Å². The zero-order valence-corrected chi connectivity index (χ0v) is 7.16. The maximum Gasteiger partial charge on any atom is 0.348 e. The molecular weight excluding hydrogens is 216 g/mol. The Morgan fingerprint density at radius 3 is 3.20 bits per heavy atom. The fraction of sp³-hybridized carbons (Fsp3) is 0.167. The summed E-state index contributed by atoms with van der Waals surface area (Å²) in [6.07, 6.45) is 0. The van der Waals surface area contributed by atoms with E-state index in [2.05, 4.69) is 20.7 Å². The molecule has 54 valence electrons. The topological polar surface area (TPSA) is 26.3 Å². The summed E-state index contributed by atoms with van der Waals surface area (Å²) in [6.45, 7) is 0. The molecule has 2 nitrogen and oxygen atoms in total. The van der Waals surface area contributed by atoms with Crippen LogP contribution in [-0.4, -0.2) is 13.0 Å². The summed E-state index contributed by atoms with van der Waals surface area (Å²) >= 11 is 4.28. The average Bonchev–Trinajstić information content (AvgIpc) is 2.31. The normalized spacial score (nSPS) is 15.1. The predicted molar refractivity (Wildman–Crippen MR) is 43.4 cm³/mol. The van der Waals surface area contributed by atoms with Crippen LogP contribution in [0, 0.1) is 0 Å². The number of halogens is 1. The molecule has 0 N–H and O–H groups in total. The maximum absolute atomic E-state index is 11.1. The zero-order chi connectivity index (χ0) is 10.1. The number of esters is 1. The molecule has 0 amide bonds. The molecule has 0 unspecified atom stereocenters. The van der Waals surface area contributed by atoms with Crippen LogP contribution in [0.25, 0.3) is 0 Å². The lowest BCUT2D eigenvalue weighted by atomic mass is 10.5. The molecule has 1 aromatic heterocycles. The molecule has 0 aliphatic heterocycles. The van der Waals surface area contributed by atoms with Crippen molar-refractivity contribution >= 4 is 33.2 Å². The van der Waals surface area contributed by atoms with E-state index in [9.17, 15) is 4.79 Å². The highest BCUT2D eigenvalue weighted by Gasteiger charge is 2.06. The van der Waals surface area contributed by atoms with Crippen LogP contribution >= 0.6 is 27.3 Å². The van der Waals surface area contributed by atoms with E-state index in [0.29, 0.717) is 0 Å². The Morgan fingerprint density at radius 1 is 1.90 bits per heavy atom. The standard InChI is InChI=1S/C6H5BrO2S/c1-9-6(8)4-2-3-5(7)10-4/h2-3H,1H3/i1D3. The summed E-state index contributed by atoms with van der Waals surface area (Å²) in [5.74, 6) is -0.823. The van der Waals surface area contributed by atoms with Crippen molar-refractivity contribution in [2.75, 3.05) is 7.04 Å². The third-order valence-corrected chi connectivity index (χ3v) is 2.47. The number of hydrogen-bond donors (Lipinski definition) is 0. The van der Waals surface area contributed by atoms with Gasteiger partial charge in [-0.2, -0.15) is 0 Å². The monoisotopic (exact) mass is 223 g/mol. The Kier molecular flexibility index (Phi) is 1.43. The first-order chi connectivity index (χ1) is 5.88. The largest absolute Gasteiger partial charge is 0.465 e. The fourth-order valence-corrected chi connectivity index (χ4v) is 1.74. The first-order valence-electron chi connectivity index (χ1n) is 3.87. The van der Waals surface area contributed by atoms with Gasteiger partial charge in [0.25, 0.3) is 0 Å². The summed E-state index contributed by atoms with van der Waals surface area (Å²) < 4.78 is 25.0. The number of ether oxygens (including phenoxy) is 1. The Bertz CT molecular complexity index is 320. The second-order valence-corrected chi connectivity index (χ2v) is 3.96. The molecule has 0 saturated carbocycles. The van der Waals surface area contributed by atoms with Crippen LogP contribution in [0.5, 0.6) is 0 Å². The molecule has 0 radical (unpaired) electrons. The molecule has 1 rings (SSSR count). The summed E-state index contributed by atoms with van der Waals surface area (Å²) in [5, 5.41) is 0. The quantitative estimate of drug-likeness (QED) is 0.684. The first-order valence-corrected chi connectivity index (χ1v) is 3.98. The van der Waals surface area contributed by atoms with E-state index in [0.717, 1.165) is 15.1 Å². The van der Waals surface area contributed by atoms with Crippen molar-refractivity contribution in [3.05, 3.63) is 20.8 Å². The molecule has 0 aliphatic rings. The lowest BCUT2D eigenvalue weighted by Gasteiger charge is -1.90. The van der Waals surface area contributed by atoms with Crippen LogP contribution in [0.1, 0.15) is 13.8 Å². The number of carbonyl (C=O) groups is 1. The lowest BCUT2D eigenvalue weighted by molar-refractivity contribution is 0.0606. The van der Waals surface area contributed by atoms with Gasteiger partial charge in [0.2, 0.25) is 0 Å². The molecule has 0 aromatic carbocycles. The van der Waals surface area contributed by atoms with Gasteiger partial charge in [0.15, 0.2) is 0 Å². The van der Waals surface area contributed by atoms with Crippen LogP contribution in [0.15, 0.2) is 15.9 Å². The highest BCUT2D eigenvalue weighted by Crippen LogP contribution is 2.22. The van der Waals surface area contributed by atoms with Crippen molar-refractivity contribution in [2.45, 2.75) is 0 Å². The number of rotatable bonds is 1. The maximum atomic E-state index is 11.1. The second-order valence-electron chi connectivity index (χ2n) is 1.49. The van der Waals surface area contributed by atoms with Gasteiger partial charge in [-0.3, -0.25) is 0 Å². The van der Waals surface area contributed by atoms with E-state index >= 15 is 0 Å². The van der Waals surface area contributed by atoms with Crippen molar-refractivity contribution in [1.29, 1.82) is 0 Å². The first kappa shape index (κ1) is 4.51. The van der Waals surface area contributed by atoms with Crippen molar-refractivity contribution in [3.8, 4) is 0 Å². The number of methoxy groups -OCH3 is 1. The van der Waals surface area contributed by atoms with Crippen LogP contribution in [0.2, 0.25) is 0 Å². The minimum absolute atomic E-state index is 0.267. The van der Waals surface area contributed by atoms with Crippen molar-refractivity contribution in [2.24, 2.45) is 0 Å². The molecule has 0 bridgehead atoms. The number of hydrogen-bond acceptors (Lipinski definition) is 3. The highest BCUT2D eigenvalue weighted by atomic mass is 79.9. The molecular formula is C6H5BrO2S. The molecule has 0 aliphatic carbocycles. The van der Waals surface area contributed by atoms with Gasteiger partial charge in [0.05, 0.1) is 14.9 Å². The van der Waals surface area contributed by atoms with Gasteiger partial charge in [-0.15, -0.1) is 11.3 Å². The molecule has 0 fully saturated rings.